The Morgan fingerprint density at radius 2 is 1.79 bits per heavy atom. The summed E-state index contributed by atoms with van der Waals surface area (Å²) in [7, 11) is 0. The number of rotatable bonds is 8. The molecule has 2 aromatic rings. The van der Waals surface area contributed by atoms with Crippen molar-refractivity contribution in [3.63, 3.8) is 0 Å². The number of hydrogen-bond donors (Lipinski definition) is 1. The summed E-state index contributed by atoms with van der Waals surface area (Å²) in [6, 6.07) is 8.22. The van der Waals surface area contributed by atoms with Gasteiger partial charge in [0.15, 0.2) is 0 Å². The predicted octanol–water partition coefficient (Wildman–Crippen LogP) is 5.28. The molecule has 0 aliphatic carbocycles. The van der Waals surface area contributed by atoms with Crippen molar-refractivity contribution in [1.82, 2.24) is 0 Å². The van der Waals surface area contributed by atoms with Crippen LogP contribution in [0.3, 0.4) is 0 Å². The summed E-state index contributed by atoms with van der Waals surface area (Å²) >= 11 is 0. The van der Waals surface area contributed by atoms with Crippen molar-refractivity contribution in [3.05, 3.63) is 53.6 Å². The minimum absolute atomic E-state index is 0.0627. The molecule has 0 aromatic heterocycles. The number of nitrogens with one attached hydrogen (secondary N) is 1. The van der Waals surface area contributed by atoms with Crippen LogP contribution >= 0.6 is 0 Å². The van der Waals surface area contributed by atoms with Crippen molar-refractivity contribution in [2.24, 2.45) is 0 Å². The van der Waals surface area contributed by atoms with Crippen molar-refractivity contribution in [2.45, 2.75) is 32.6 Å². The lowest BCUT2D eigenvalue weighted by molar-refractivity contribution is -0.137. The van der Waals surface area contributed by atoms with Gasteiger partial charge in [-0.05, 0) is 42.3 Å². The van der Waals surface area contributed by atoms with Crippen LogP contribution in [0.15, 0.2) is 42.5 Å². The molecule has 152 valence electrons. The number of amides is 1. The fourth-order valence-electron chi connectivity index (χ4n) is 2.31. The Hall–Kier alpha value is -2.84. The fourth-order valence-corrected chi connectivity index (χ4v) is 2.31. The molecule has 0 bridgehead atoms. The largest absolute Gasteiger partial charge is 0.491 e. The van der Waals surface area contributed by atoms with Gasteiger partial charge in [0.1, 0.15) is 11.5 Å². The third kappa shape index (κ3) is 6.40. The molecule has 2 rings (SSSR count). The van der Waals surface area contributed by atoms with E-state index >= 15 is 0 Å². The molecule has 0 heterocycles. The van der Waals surface area contributed by atoms with Crippen LogP contribution in [-0.4, -0.2) is 19.1 Å². The number of ether oxygens (including phenoxy) is 2. The lowest BCUT2D eigenvalue weighted by atomic mass is 10.1. The SMILES string of the molecule is CCCOc1ccc(C(F)(F)F)cc1NC(=O)Cc1ccc(OC(F)F)cc1. The third-order valence-electron chi connectivity index (χ3n) is 3.56. The first-order chi connectivity index (χ1) is 13.2. The monoisotopic (exact) mass is 403 g/mol. The fraction of sp³-hybridized carbons (Fsp3) is 0.316. The summed E-state index contributed by atoms with van der Waals surface area (Å²) < 4.78 is 72.7. The molecule has 9 heteroatoms. The van der Waals surface area contributed by atoms with Crippen molar-refractivity contribution < 1.29 is 36.2 Å². The quantitative estimate of drug-likeness (QED) is 0.611. The summed E-state index contributed by atoms with van der Waals surface area (Å²) in [4.78, 5) is 12.2. The molecule has 1 N–H and O–H groups in total. The van der Waals surface area contributed by atoms with Crippen LogP contribution in [0, 0.1) is 0 Å². The number of benzene rings is 2. The molecule has 0 saturated carbocycles. The van der Waals surface area contributed by atoms with Crippen LogP contribution < -0.4 is 14.8 Å². The molecule has 0 fully saturated rings. The van der Waals surface area contributed by atoms with Crippen LogP contribution in [0.1, 0.15) is 24.5 Å². The minimum atomic E-state index is -4.57. The van der Waals surface area contributed by atoms with E-state index in [-0.39, 0.29) is 30.2 Å². The molecule has 0 atom stereocenters. The lowest BCUT2D eigenvalue weighted by Crippen LogP contribution is -2.16. The Morgan fingerprint density at radius 1 is 1.11 bits per heavy atom. The van der Waals surface area contributed by atoms with Gasteiger partial charge in [0.05, 0.1) is 24.3 Å². The summed E-state index contributed by atoms with van der Waals surface area (Å²) in [5.74, 6) is -0.514. The van der Waals surface area contributed by atoms with Gasteiger partial charge in [-0.15, -0.1) is 0 Å². The Labute approximate surface area is 158 Å². The second-order valence-corrected chi connectivity index (χ2v) is 5.80. The van der Waals surface area contributed by atoms with Crippen molar-refractivity contribution in [3.8, 4) is 11.5 Å². The van der Waals surface area contributed by atoms with Crippen LogP contribution in [0.25, 0.3) is 0 Å². The molecule has 0 spiro atoms. The molecule has 0 aliphatic heterocycles. The first-order valence-electron chi connectivity index (χ1n) is 8.36. The van der Waals surface area contributed by atoms with E-state index in [1.807, 2.05) is 6.92 Å². The van der Waals surface area contributed by atoms with E-state index < -0.39 is 24.3 Å². The lowest BCUT2D eigenvalue weighted by Gasteiger charge is -2.15. The van der Waals surface area contributed by atoms with E-state index in [1.54, 1.807) is 0 Å². The van der Waals surface area contributed by atoms with Crippen molar-refractivity contribution in [2.75, 3.05) is 11.9 Å². The molecule has 4 nitrogen and oxygen atoms in total. The highest BCUT2D eigenvalue weighted by molar-refractivity contribution is 5.93. The smallest absolute Gasteiger partial charge is 0.416 e. The van der Waals surface area contributed by atoms with Crippen LogP contribution in [0.2, 0.25) is 0 Å². The second kappa shape index (κ2) is 9.38. The van der Waals surface area contributed by atoms with E-state index in [0.29, 0.717) is 12.0 Å². The van der Waals surface area contributed by atoms with Crippen LogP contribution in [0.5, 0.6) is 11.5 Å². The molecule has 28 heavy (non-hydrogen) atoms. The number of anilines is 1. The molecule has 0 unspecified atom stereocenters. The normalized spacial score (nSPS) is 11.4. The van der Waals surface area contributed by atoms with Gasteiger partial charge in [0.2, 0.25) is 5.91 Å². The number of carbonyl (C=O) groups excluding carboxylic acids is 1. The Bertz CT molecular complexity index is 791. The second-order valence-electron chi connectivity index (χ2n) is 5.80. The van der Waals surface area contributed by atoms with Crippen molar-refractivity contribution >= 4 is 11.6 Å². The average molecular weight is 403 g/mol. The summed E-state index contributed by atoms with van der Waals surface area (Å²) in [6.45, 7) is -0.847. The Morgan fingerprint density at radius 3 is 2.36 bits per heavy atom. The molecule has 1 amide bonds. The van der Waals surface area contributed by atoms with Crippen LogP contribution in [-0.2, 0) is 17.4 Å². The maximum Gasteiger partial charge on any atom is 0.416 e. The standard InChI is InChI=1S/C19H18F5NO3/c1-2-9-27-16-8-5-13(19(22,23)24)11-15(16)25-17(26)10-12-3-6-14(7-4-12)28-18(20)21/h3-8,11,18H,2,9-10H2,1H3,(H,25,26). The summed E-state index contributed by atoms with van der Waals surface area (Å²) in [5, 5.41) is 2.41. The topological polar surface area (TPSA) is 47.6 Å². The zero-order valence-corrected chi connectivity index (χ0v) is 14.9. The van der Waals surface area contributed by atoms with Gasteiger partial charge in [-0.25, -0.2) is 0 Å². The van der Waals surface area contributed by atoms with Crippen molar-refractivity contribution in [1.29, 1.82) is 0 Å². The van der Waals surface area contributed by atoms with Gasteiger partial charge >= 0.3 is 12.8 Å². The Kier molecular flexibility index (Phi) is 7.19. The van der Waals surface area contributed by atoms with Gasteiger partial charge in [-0.1, -0.05) is 19.1 Å². The summed E-state index contributed by atoms with van der Waals surface area (Å²) in [5.41, 5.74) is -0.534. The predicted molar refractivity (Wildman–Crippen MR) is 92.6 cm³/mol. The van der Waals surface area contributed by atoms with E-state index in [2.05, 4.69) is 10.1 Å². The van der Waals surface area contributed by atoms with E-state index in [9.17, 15) is 26.7 Å². The first-order valence-corrected chi connectivity index (χ1v) is 8.36. The number of halogens is 5. The zero-order valence-electron chi connectivity index (χ0n) is 14.9. The molecular weight excluding hydrogens is 385 g/mol. The van der Waals surface area contributed by atoms with Gasteiger partial charge in [-0.2, -0.15) is 22.0 Å². The van der Waals surface area contributed by atoms with Gasteiger partial charge < -0.3 is 14.8 Å². The highest BCUT2D eigenvalue weighted by Crippen LogP contribution is 2.35. The maximum atomic E-state index is 12.9. The summed E-state index contributed by atoms with van der Waals surface area (Å²) in [6.07, 6.45) is -4.09. The number of hydrogen-bond acceptors (Lipinski definition) is 3. The van der Waals surface area contributed by atoms with Crippen LogP contribution in [0.4, 0.5) is 27.6 Å². The molecule has 0 aliphatic rings. The maximum absolute atomic E-state index is 12.9. The number of carbonyl (C=O) groups is 1. The molecular formula is C19H18F5NO3. The zero-order chi connectivity index (χ0) is 20.7. The molecule has 2 aromatic carbocycles. The minimum Gasteiger partial charge on any atom is -0.491 e. The Balaban J connectivity index is 2.12. The molecule has 0 saturated heterocycles. The van der Waals surface area contributed by atoms with Gasteiger partial charge in [0.25, 0.3) is 0 Å². The highest BCUT2D eigenvalue weighted by atomic mass is 19.4. The van der Waals surface area contributed by atoms with Gasteiger partial charge in [-0.3, -0.25) is 4.79 Å². The van der Waals surface area contributed by atoms with E-state index in [0.717, 1.165) is 18.2 Å². The highest BCUT2D eigenvalue weighted by Gasteiger charge is 2.31. The van der Waals surface area contributed by atoms with E-state index in [1.165, 1.54) is 24.3 Å². The average Bonchev–Trinajstić information content (AvgIpc) is 2.61. The molecule has 0 radical (unpaired) electrons. The third-order valence-corrected chi connectivity index (χ3v) is 3.56. The first kappa shape index (κ1) is 21.5. The van der Waals surface area contributed by atoms with Gasteiger partial charge in [0, 0.05) is 0 Å². The van der Waals surface area contributed by atoms with E-state index in [4.69, 9.17) is 4.74 Å². The number of alkyl halides is 5.